The molecule has 2 saturated carbocycles. The summed E-state index contributed by atoms with van der Waals surface area (Å²) in [6.07, 6.45) is 0.286. The molecule has 4 unspecified atom stereocenters. The molecule has 2 aromatic carbocycles. The molecular formula is C26H26F2N2O5. The summed E-state index contributed by atoms with van der Waals surface area (Å²) in [5.41, 5.74) is 4.26. The van der Waals surface area contributed by atoms with E-state index in [2.05, 4.69) is 10.6 Å². The van der Waals surface area contributed by atoms with Gasteiger partial charge in [0.1, 0.15) is 12.5 Å². The van der Waals surface area contributed by atoms with Crippen molar-refractivity contribution in [2.75, 3.05) is 13.2 Å². The number of hydrogen-bond donors (Lipinski definition) is 3. The number of nitrogens with one attached hydrogen (secondary N) is 2. The van der Waals surface area contributed by atoms with Crippen LogP contribution in [-0.4, -0.2) is 48.2 Å². The third kappa shape index (κ3) is 4.35. The van der Waals surface area contributed by atoms with Crippen molar-refractivity contribution in [1.29, 1.82) is 0 Å². The zero-order valence-electron chi connectivity index (χ0n) is 18.9. The van der Waals surface area contributed by atoms with Crippen LogP contribution in [0.15, 0.2) is 48.5 Å². The summed E-state index contributed by atoms with van der Waals surface area (Å²) in [5, 5.41) is 14.0. The second-order valence-electron chi connectivity index (χ2n) is 9.52. The highest BCUT2D eigenvalue weighted by atomic mass is 19.3. The third-order valence-corrected chi connectivity index (χ3v) is 7.42. The van der Waals surface area contributed by atoms with Crippen LogP contribution < -0.4 is 10.6 Å². The first kappa shape index (κ1) is 23.3. The van der Waals surface area contributed by atoms with Gasteiger partial charge < -0.3 is 20.5 Å². The molecule has 35 heavy (non-hydrogen) atoms. The molecule has 4 atom stereocenters. The van der Waals surface area contributed by atoms with E-state index in [9.17, 15) is 23.2 Å². The lowest BCUT2D eigenvalue weighted by atomic mass is 9.98. The minimum absolute atomic E-state index is 0.0667. The Balaban J connectivity index is 1.12. The Morgan fingerprint density at radius 1 is 1.00 bits per heavy atom. The lowest BCUT2D eigenvalue weighted by molar-refractivity contribution is -0.141. The largest absolute Gasteiger partial charge is 0.481 e. The SMILES string of the molecule is O=C(NCC1C(C(=O)NC2CCC(C(=O)O)C2)C1(F)F)OCC1c2ccccc2-c2ccccc21. The smallest absolute Gasteiger partial charge is 0.407 e. The second-order valence-corrected chi connectivity index (χ2v) is 9.52. The maximum Gasteiger partial charge on any atom is 0.407 e. The summed E-state index contributed by atoms with van der Waals surface area (Å²) >= 11 is 0. The summed E-state index contributed by atoms with van der Waals surface area (Å²) < 4.78 is 33.9. The van der Waals surface area contributed by atoms with Gasteiger partial charge in [-0.25, -0.2) is 13.6 Å². The maximum absolute atomic E-state index is 14.3. The Kier molecular flexibility index (Phi) is 5.94. The number of hydrogen-bond acceptors (Lipinski definition) is 4. The number of carbonyl (C=O) groups is 3. The zero-order valence-corrected chi connectivity index (χ0v) is 18.9. The van der Waals surface area contributed by atoms with Gasteiger partial charge in [0.2, 0.25) is 5.91 Å². The van der Waals surface area contributed by atoms with Gasteiger partial charge in [0.05, 0.1) is 11.8 Å². The molecule has 3 aliphatic rings. The lowest BCUT2D eigenvalue weighted by Crippen LogP contribution is -2.36. The van der Waals surface area contributed by atoms with Gasteiger partial charge in [-0.1, -0.05) is 48.5 Å². The Hall–Kier alpha value is -3.49. The average molecular weight is 484 g/mol. The van der Waals surface area contributed by atoms with Crippen LogP contribution in [0.4, 0.5) is 13.6 Å². The molecule has 184 valence electrons. The highest BCUT2D eigenvalue weighted by Crippen LogP contribution is 2.55. The van der Waals surface area contributed by atoms with Gasteiger partial charge in [0.15, 0.2) is 0 Å². The van der Waals surface area contributed by atoms with Crippen molar-refractivity contribution >= 4 is 18.0 Å². The number of amides is 2. The minimum Gasteiger partial charge on any atom is -0.481 e. The van der Waals surface area contributed by atoms with E-state index in [4.69, 9.17) is 9.84 Å². The lowest BCUT2D eigenvalue weighted by Gasteiger charge is -2.14. The number of alkyl carbamates (subject to hydrolysis) is 1. The molecule has 3 aliphatic carbocycles. The van der Waals surface area contributed by atoms with Crippen molar-refractivity contribution in [3.63, 3.8) is 0 Å². The molecule has 0 radical (unpaired) electrons. The van der Waals surface area contributed by atoms with Gasteiger partial charge in [-0.2, -0.15) is 0 Å². The number of aliphatic carboxylic acids is 1. The van der Waals surface area contributed by atoms with Gasteiger partial charge in [-0.15, -0.1) is 0 Å². The number of alkyl halides is 2. The van der Waals surface area contributed by atoms with Crippen LogP contribution in [0.5, 0.6) is 0 Å². The molecule has 7 nitrogen and oxygen atoms in total. The Labute approximate surface area is 200 Å². The number of fused-ring (bicyclic) bond motifs is 3. The Bertz CT molecular complexity index is 1120. The molecule has 2 aromatic rings. The average Bonchev–Trinajstić information content (AvgIpc) is 3.14. The van der Waals surface area contributed by atoms with Crippen LogP contribution in [0.2, 0.25) is 0 Å². The van der Waals surface area contributed by atoms with E-state index < -0.39 is 47.7 Å². The van der Waals surface area contributed by atoms with Gasteiger partial charge in [0, 0.05) is 18.5 Å². The fraction of sp³-hybridized carbons (Fsp3) is 0.423. The van der Waals surface area contributed by atoms with Crippen molar-refractivity contribution < 1.29 is 33.0 Å². The summed E-state index contributed by atoms with van der Waals surface area (Å²) in [6.45, 7) is -0.318. The number of halogens is 2. The number of rotatable bonds is 7. The van der Waals surface area contributed by atoms with Crippen LogP contribution in [-0.2, 0) is 14.3 Å². The molecule has 0 bridgehead atoms. The van der Waals surface area contributed by atoms with Crippen molar-refractivity contribution in [1.82, 2.24) is 10.6 Å². The molecule has 0 saturated heterocycles. The van der Waals surface area contributed by atoms with E-state index >= 15 is 0 Å². The number of ether oxygens (including phenoxy) is 1. The number of carboxylic acids is 1. The molecule has 2 amide bonds. The van der Waals surface area contributed by atoms with Crippen LogP contribution in [0.25, 0.3) is 11.1 Å². The van der Waals surface area contributed by atoms with Gasteiger partial charge in [-0.3, -0.25) is 9.59 Å². The number of carboxylic acid groups (broad SMARTS) is 1. The number of benzene rings is 2. The molecule has 5 rings (SSSR count). The molecule has 0 heterocycles. The first-order valence-corrected chi connectivity index (χ1v) is 11.8. The summed E-state index contributed by atoms with van der Waals surface area (Å²) in [7, 11) is 0. The van der Waals surface area contributed by atoms with Crippen molar-refractivity contribution in [3.05, 3.63) is 59.7 Å². The zero-order chi connectivity index (χ0) is 24.7. The van der Waals surface area contributed by atoms with Crippen molar-refractivity contribution in [2.24, 2.45) is 17.8 Å². The van der Waals surface area contributed by atoms with Crippen LogP contribution >= 0.6 is 0 Å². The molecular weight excluding hydrogens is 458 g/mol. The van der Waals surface area contributed by atoms with Gasteiger partial charge in [0.25, 0.3) is 5.92 Å². The van der Waals surface area contributed by atoms with E-state index in [0.717, 1.165) is 22.3 Å². The second kappa shape index (κ2) is 8.94. The molecule has 3 N–H and O–H groups in total. The van der Waals surface area contributed by atoms with E-state index in [1.165, 1.54) is 0 Å². The predicted molar refractivity (Wildman–Crippen MR) is 122 cm³/mol. The molecule has 2 fully saturated rings. The fourth-order valence-corrected chi connectivity index (χ4v) is 5.47. The summed E-state index contributed by atoms with van der Waals surface area (Å²) in [6, 6.07) is 15.3. The molecule has 0 spiro atoms. The highest BCUT2D eigenvalue weighted by Gasteiger charge is 2.71. The van der Waals surface area contributed by atoms with Crippen LogP contribution in [0.1, 0.15) is 36.3 Å². The van der Waals surface area contributed by atoms with Crippen molar-refractivity contribution in [3.8, 4) is 11.1 Å². The summed E-state index contributed by atoms with van der Waals surface area (Å²) in [4.78, 5) is 35.7. The fourth-order valence-electron chi connectivity index (χ4n) is 5.47. The highest BCUT2D eigenvalue weighted by molar-refractivity contribution is 5.84. The van der Waals surface area contributed by atoms with E-state index in [1.807, 2.05) is 48.5 Å². The summed E-state index contributed by atoms with van der Waals surface area (Å²) in [5.74, 6) is -8.54. The van der Waals surface area contributed by atoms with E-state index in [0.29, 0.717) is 12.8 Å². The van der Waals surface area contributed by atoms with Crippen molar-refractivity contribution in [2.45, 2.75) is 37.1 Å². The first-order valence-electron chi connectivity index (χ1n) is 11.8. The normalized spacial score (nSPS) is 25.9. The molecule has 9 heteroatoms. The maximum atomic E-state index is 14.3. The molecule has 0 aliphatic heterocycles. The van der Waals surface area contributed by atoms with E-state index in [1.54, 1.807) is 0 Å². The molecule has 0 aromatic heterocycles. The monoisotopic (exact) mass is 484 g/mol. The topological polar surface area (TPSA) is 105 Å². The standard InChI is InChI=1S/C26H26F2N2O5/c27-26(28)21(22(26)23(31)30-15-10-9-14(11-15)24(32)33)12-29-25(34)35-13-20-18-7-3-1-5-16(18)17-6-2-4-8-19(17)20/h1-8,14-15,20-22H,9-13H2,(H,29,34)(H,30,31)(H,32,33). The van der Waals surface area contributed by atoms with Crippen LogP contribution in [0, 0.1) is 17.8 Å². The minimum atomic E-state index is -3.23. The quantitative estimate of drug-likeness (QED) is 0.555. The van der Waals surface area contributed by atoms with Crippen LogP contribution in [0.3, 0.4) is 0 Å². The third-order valence-electron chi connectivity index (χ3n) is 7.42. The van der Waals surface area contributed by atoms with Gasteiger partial charge >= 0.3 is 12.1 Å². The van der Waals surface area contributed by atoms with Gasteiger partial charge in [-0.05, 0) is 41.5 Å². The Morgan fingerprint density at radius 3 is 2.23 bits per heavy atom. The van der Waals surface area contributed by atoms with E-state index in [-0.39, 0.29) is 25.5 Å². The Morgan fingerprint density at radius 2 is 1.63 bits per heavy atom. The predicted octanol–water partition coefficient (Wildman–Crippen LogP) is 3.78. The first-order chi connectivity index (χ1) is 16.8. The number of carbonyl (C=O) groups excluding carboxylic acids is 2.